The van der Waals surface area contributed by atoms with Gasteiger partial charge in [-0.2, -0.15) is 21.6 Å². The zero-order valence-corrected chi connectivity index (χ0v) is 11.0. The van der Waals surface area contributed by atoms with Crippen LogP contribution in [0.1, 0.15) is 24.5 Å². The molecule has 0 bridgehead atoms. The Morgan fingerprint density at radius 3 is 2.58 bits per heavy atom. The number of benzene rings is 1. The summed E-state index contributed by atoms with van der Waals surface area (Å²) in [5.41, 5.74) is -3.51. The summed E-state index contributed by atoms with van der Waals surface area (Å²) < 4.78 is 62.5. The fourth-order valence-electron chi connectivity index (χ4n) is 2.14. The minimum atomic E-state index is -5.59. The number of halogens is 3. The maximum Gasteiger partial charge on any atom is 0.534 e. The lowest BCUT2D eigenvalue weighted by atomic mass is 9.85. The minimum absolute atomic E-state index is 0.287. The van der Waals surface area contributed by atoms with Crippen molar-refractivity contribution in [3.05, 3.63) is 29.3 Å². The van der Waals surface area contributed by atoms with E-state index < -0.39 is 15.6 Å². The van der Waals surface area contributed by atoms with E-state index in [1.54, 1.807) is 6.07 Å². The number of hydrogen-bond donors (Lipinski definition) is 0. The average molecular weight is 294 g/mol. The molecule has 0 heterocycles. The summed E-state index contributed by atoms with van der Waals surface area (Å²) in [4.78, 5) is 0. The molecule has 0 fully saturated rings. The predicted octanol–water partition coefficient (Wildman–Crippen LogP) is 3.04. The second-order valence-electron chi connectivity index (χ2n) is 4.76. The second kappa shape index (κ2) is 4.70. The lowest BCUT2D eigenvalue weighted by Gasteiger charge is -2.22. The molecule has 106 valence electrons. The molecule has 0 saturated heterocycles. The number of aryl methyl sites for hydroxylation is 1. The lowest BCUT2D eigenvalue weighted by Crippen LogP contribution is -2.28. The van der Waals surface area contributed by atoms with Gasteiger partial charge in [-0.15, -0.1) is 0 Å². The Morgan fingerprint density at radius 2 is 1.95 bits per heavy atom. The van der Waals surface area contributed by atoms with E-state index >= 15 is 0 Å². The Balaban J connectivity index is 2.26. The van der Waals surface area contributed by atoms with E-state index in [2.05, 4.69) is 4.18 Å². The lowest BCUT2D eigenvalue weighted by molar-refractivity contribution is -0.0500. The number of alkyl halides is 3. The van der Waals surface area contributed by atoms with Crippen LogP contribution in [0.15, 0.2) is 18.2 Å². The van der Waals surface area contributed by atoms with Crippen LogP contribution in [0.4, 0.5) is 13.2 Å². The average Bonchev–Trinajstić information content (AvgIpc) is 2.26. The van der Waals surface area contributed by atoms with Gasteiger partial charge in [-0.1, -0.05) is 13.0 Å². The first kappa shape index (κ1) is 14.2. The van der Waals surface area contributed by atoms with Gasteiger partial charge in [0.2, 0.25) is 0 Å². The molecule has 0 aromatic heterocycles. The van der Waals surface area contributed by atoms with Crippen LogP contribution in [0.2, 0.25) is 0 Å². The third-order valence-corrected chi connectivity index (χ3v) is 4.12. The molecule has 0 amide bonds. The van der Waals surface area contributed by atoms with Gasteiger partial charge in [-0.3, -0.25) is 0 Å². The molecule has 1 aliphatic rings. The molecule has 3 nitrogen and oxygen atoms in total. The zero-order chi connectivity index (χ0) is 14.3. The van der Waals surface area contributed by atoms with Crippen molar-refractivity contribution in [2.75, 3.05) is 0 Å². The van der Waals surface area contributed by atoms with Crippen LogP contribution in [0.5, 0.6) is 5.75 Å². The van der Waals surface area contributed by atoms with Crippen molar-refractivity contribution in [2.45, 2.75) is 31.7 Å². The van der Waals surface area contributed by atoms with Crippen LogP contribution in [-0.2, 0) is 23.0 Å². The Kier molecular flexibility index (Phi) is 3.51. The van der Waals surface area contributed by atoms with Crippen molar-refractivity contribution in [3.63, 3.8) is 0 Å². The van der Waals surface area contributed by atoms with E-state index in [0.29, 0.717) is 5.92 Å². The zero-order valence-electron chi connectivity index (χ0n) is 10.2. The Hall–Kier alpha value is -1.24. The molecule has 0 saturated carbocycles. The molecule has 7 heteroatoms. The highest BCUT2D eigenvalue weighted by Gasteiger charge is 2.48. The van der Waals surface area contributed by atoms with Crippen LogP contribution in [-0.4, -0.2) is 13.9 Å². The van der Waals surface area contributed by atoms with Crippen LogP contribution in [0, 0.1) is 5.92 Å². The summed E-state index contributed by atoms with van der Waals surface area (Å²) in [6.07, 6.45) is 2.59. The Labute approximate surface area is 109 Å². The summed E-state index contributed by atoms with van der Waals surface area (Å²) in [7, 11) is -5.59. The van der Waals surface area contributed by atoms with Gasteiger partial charge in [0.05, 0.1) is 0 Å². The Morgan fingerprint density at radius 1 is 1.26 bits per heavy atom. The number of fused-ring (bicyclic) bond motifs is 1. The van der Waals surface area contributed by atoms with Crippen molar-refractivity contribution in [1.29, 1.82) is 0 Å². The molecule has 1 aliphatic carbocycles. The van der Waals surface area contributed by atoms with Crippen LogP contribution in [0.25, 0.3) is 0 Å². The van der Waals surface area contributed by atoms with Gasteiger partial charge in [-0.05, 0) is 48.4 Å². The second-order valence-corrected chi connectivity index (χ2v) is 6.30. The van der Waals surface area contributed by atoms with Gasteiger partial charge < -0.3 is 4.18 Å². The molecule has 19 heavy (non-hydrogen) atoms. The molecule has 1 unspecified atom stereocenters. The normalized spacial score (nSPS) is 19.9. The topological polar surface area (TPSA) is 43.4 Å². The van der Waals surface area contributed by atoms with Gasteiger partial charge in [0.25, 0.3) is 0 Å². The largest absolute Gasteiger partial charge is 0.534 e. The summed E-state index contributed by atoms with van der Waals surface area (Å²) in [5.74, 6) is 0.146. The summed E-state index contributed by atoms with van der Waals surface area (Å²) in [5, 5.41) is 0. The van der Waals surface area contributed by atoms with Crippen molar-refractivity contribution >= 4 is 10.1 Å². The summed E-state index contributed by atoms with van der Waals surface area (Å²) in [6, 6.07) is 4.27. The third-order valence-electron chi connectivity index (χ3n) is 3.14. The van der Waals surface area contributed by atoms with E-state index in [0.717, 1.165) is 30.4 Å². The maximum absolute atomic E-state index is 12.2. The maximum atomic E-state index is 12.2. The minimum Gasteiger partial charge on any atom is -0.376 e. The highest BCUT2D eigenvalue weighted by molar-refractivity contribution is 7.87. The van der Waals surface area contributed by atoms with Crippen molar-refractivity contribution in [3.8, 4) is 5.75 Å². The molecular weight excluding hydrogens is 281 g/mol. The van der Waals surface area contributed by atoms with E-state index in [1.807, 2.05) is 6.92 Å². The van der Waals surface area contributed by atoms with Gasteiger partial charge in [0.15, 0.2) is 0 Å². The smallest absolute Gasteiger partial charge is 0.376 e. The molecule has 1 atom stereocenters. The van der Waals surface area contributed by atoms with Crippen LogP contribution < -0.4 is 4.18 Å². The van der Waals surface area contributed by atoms with Crippen molar-refractivity contribution in [2.24, 2.45) is 5.92 Å². The SMILES string of the molecule is CC1CCc2ccc(OS(=O)(=O)C(F)(F)F)cc2C1. The number of rotatable bonds is 2. The quantitative estimate of drug-likeness (QED) is 0.622. The Bertz CT molecular complexity index is 578. The molecular formula is C12H13F3O3S. The standard InChI is InChI=1S/C12H13F3O3S/c1-8-2-3-9-4-5-11(7-10(9)6-8)18-19(16,17)12(13,14)15/h4-5,7-8H,2-3,6H2,1H3. The van der Waals surface area contributed by atoms with E-state index in [9.17, 15) is 21.6 Å². The van der Waals surface area contributed by atoms with Gasteiger partial charge in [0.1, 0.15) is 5.75 Å². The highest BCUT2D eigenvalue weighted by atomic mass is 32.2. The van der Waals surface area contributed by atoms with E-state index in [4.69, 9.17) is 0 Å². The van der Waals surface area contributed by atoms with Gasteiger partial charge >= 0.3 is 15.6 Å². The molecule has 0 aliphatic heterocycles. The molecule has 0 spiro atoms. The van der Waals surface area contributed by atoms with Gasteiger partial charge in [-0.25, -0.2) is 0 Å². The first-order chi connectivity index (χ1) is 8.69. The predicted molar refractivity (Wildman–Crippen MR) is 63.2 cm³/mol. The molecule has 2 rings (SSSR count). The first-order valence-corrected chi connectivity index (χ1v) is 7.22. The summed E-state index contributed by atoms with van der Waals surface area (Å²) >= 11 is 0. The first-order valence-electron chi connectivity index (χ1n) is 5.81. The highest BCUT2D eigenvalue weighted by Crippen LogP contribution is 2.31. The van der Waals surface area contributed by atoms with Crippen molar-refractivity contribution in [1.82, 2.24) is 0 Å². The third kappa shape index (κ3) is 3.02. The summed E-state index contributed by atoms with van der Waals surface area (Å²) in [6.45, 7) is 2.04. The molecule has 1 aromatic carbocycles. The molecule has 0 N–H and O–H groups in total. The monoisotopic (exact) mass is 294 g/mol. The van der Waals surface area contributed by atoms with Crippen LogP contribution >= 0.6 is 0 Å². The fraction of sp³-hybridized carbons (Fsp3) is 0.500. The molecule has 1 aromatic rings. The van der Waals surface area contributed by atoms with E-state index in [1.165, 1.54) is 12.1 Å². The van der Waals surface area contributed by atoms with E-state index in [-0.39, 0.29) is 5.75 Å². The number of hydrogen-bond acceptors (Lipinski definition) is 3. The van der Waals surface area contributed by atoms with Crippen molar-refractivity contribution < 1.29 is 25.8 Å². The van der Waals surface area contributed by atoms with Crippen LogP contribution in [0.3, 0.4) is 0 Å². The molecule has 0 radical (unpaired) electrons. The fourth-order valence-corrected chi connectivity index (χ4v) is 2.59. The van der Waals surface area contributed by atoms with Gasteiger partial charge in [0, 0.05) is 0 Å².